The molecule has 0 spiro atoms. The van der Waals surface area contributed by atoms with Gasteiger partial charge in [0, 0.05) is 0 Å². The molecule has 0 bridgehead atoms. The molecule has 2 aromatic carbocycles. The van der Waals surface area contributed by atoms with Crippen LogP contribution < -0.4 is 10.2 Å². The maximum Gasteiger partial charge on any atom is 0.174 e. The van der Waals surface area contributed by atoms with Gasteiger partial charge in [-0.2, -0.15) is 10.4 Å². The van der Waals surface area contributed by atoms with Gasteiger partial charge in [0.1, 0.15) is 11.8 Å². The summed E-state index contributed by atoms with van der Waals surface area (Å²) < 4.78 is 5.22. The summed E-state index contributed by atoms with van der Waals surface area (Å²) in [5.41, 5.74) is 4.76. The molecule has 0 aliphatic rings. The second-order valence-electron chi connectivity index (χ2n) is 3.76. The number of benzene rings is 2. The number of nitriles is 1. The average Bonchev–Trinajstić information content (AvgIpc) is 2.47. The number of hydrazone groups is 1. The summed E-state index contributed by atoms with van der Waals surface area (Å²) in [6.07, 6.45) is 1.70. The first-order valence-electron chi connectivity index (χ1n) is 5.82. The Balaban J connectivity index is 1.97. The van der Waals surface area contributed by atoms with E-state index in [0.717, 1.165) is 11.3 Å². The van der Waals surface area contributed by atoms with E-state index in [1.807, 2.05) is 54.6 Å². The SMILES string of the molecule is N#CCOc1cccc(C=NNc2ccccc2)c1. The Labute approximate surface area is 112 Å². The highest BCUT2D eigenvalue weighted by molar-refractivity contribution is 5.80. The first-order chi connectivity index (χ1) is 9.38. The summed E-state index contributed by atoms with van der Waals surface area (Å²) in [6.45, 7) is 0.0445. The largest absolute Gasteiger partial charge is 0.479 e. The van der Waals surface area contributed by atoms with Crippen molar-refractivity contribution < 1.29 is 4.74 Å². The van der Waals surface area contributed by atoms with Crippen LogP contribution in [0.3, 0.4) is 0 Å². The molecule has 0 aliphatic heterocycles. The van der Waals surface area contributed by atoms with Crippen LogP contribution in [-0.2, 0) is 0 Å². The molecule has 0 fully saturated rings. The number of anilines is 1. The van der Waals surface area contributed by atoms with Gasteiger partial charge >= 0.3 is 0 Å². The minimum atomic E-state index is 0.0445. The van der Waals surface area contributed by atoms with E-state index in [0.29, 0.717) is 5.75 Å². The smallest absolute Gasteiger partial charge is 0.174 e. The van der Waals surface area contributed by atoms with Crippen LogP contribution in [0.25, 0.3) is 0 Å². The third-order valence-corrected chi connectivity index (χ3v) is 2.34. The number of rotatable bonds is 5. The van der Waals surface area contributed by atoms with Crippen LogP contribution in [0.1, 0.15) is 5.56 Å². The van der Waals surface area contributed by atoms with E-state index in [1.54, 1.807) is 12.3 Å². The van der Waals surface area contributed by atoms with Crippen LogP contribution in [0.15, 0.2) is 59.7 Å². The molecule has 0 amide bonds. The Hall–Kier alpha value is -2.80. The predicted octanol–water partition coefficient (Wildman–Crippen LogP) is 3.03. The zero-order chi connectivity index (χ0) is 13.3. The number of nitrogens with zero attached hydrogens (tertiary/aromatic N) is 2. The molecule has 0 atom stereocenters. The Morgan fingerprint density at radius 3 is 2.79 bits per heavy atom. The fraction of sp³-hybridized carbons (Fsp3) is 0.0667. The van der Waals surface area contributed by atoms with Crippen molar-refractivity contribution in [1.82, 2.24) is 0 Å². The summed E-state index contributed by atoms with van der Waals surface area (Å²) >= 11 is 0. The molecular weight excluding hydrogens is 238 g/mol. The van der Waals surface area contributed by atoms with Crippen molar-refractivity contribution in [3.8, 4) is 11.8 Å². The monoisotopic (exact) mass is 251 g/mol. The van der Waals surface area contributed by atoms with Gasteiger partial charge in [0.15, 0.2) is 6.61 Å². The van der Waals surface area contributed by atoms with Crippen LogP contribution in [0.2, 0.25) is 0 Å². The molecule has 19 heavy (non-hydrogen) atoms. The molecule has 0 radical (unpaired) electrons. The number of nitrogens with one attached hydrogen (secondary N) is 1. The van der Waals surface area contributed by atoms with Crippen molar-refractivity contribution in [3.63, 3.8) is 0 Å². The highest BCUT2D eigenvalue weighted by Crippen LogP contribution is 2.12. The molecule has 4 nitrogen and oxygen atoms in total. The average molecular weight is 251 g/mol. The summed E-state index contributed by atoms with van der Waals surface area (Å²) in [4.78, 5) is 0. The van der Waals surface area contributed by atoms with Crippen molar-refractivity contribution in [2.75, 3.05) is 12.0 Å². The zero-order valence-corrected chi connectivity index (χ0v) is 10.3. The summed E-state index contributed by atoms with van der Waals surface area (Å²) in [5.74, 6) is 0.658. The van der Waals surface area contributed by atoms with Crippen LogP contribution in [0, 0.1) is 11.3 Å². The fourth-order valence-corrected chi connectivity index (χ4v) is 1.49. The van der Waals surface area contributed by atoms with Gasteiger partial charge in [-0.05, 0) is 29.8 Å². The predicted molar refractivity (Wildman–Crippen MR) is 75.2 cm³/mol. The van der Waals surface area contributed by atoms with Gasteiger partial charge in [0.2, 0.25) is 0 Å². The van der Waals surface area contributed by atoms with E-state index < -0.39 is 0 Å². The topological polar surface area (TPSA) is 57.4 Å². The highest BCUT2D eigenvalue weighted by atomic mass is 16.5. The van der Waals surface area contributed by atoms with E-state index in [4.69, 9.17) is 10.00 Å². The van der Waals surface area contributed by atoms with Gasteiger partial charge in [0.05, 0.1) is 11.9 Å². The molecule has 0 heterocycles. The van der Waals surface area contributed by atoms with Gasteiger partial charge in [0.25, 0.3) is 0 Å². The number of para-hydroxylation sites is 1. The second-order valence-corrected chi connectivity index (χ2v) is 3.76. The lowest BCUT2D eigenvalue weighted by Crippen LogP contribution is -1.94. The summed E-state index contributed by atoms with van der Waals surface area (Å²) in [6, 6.07) is 19.0. The Morgan fingerprint density at radius 2 is 2.00 bits per heavy atom. The van der Waals surface area contributed by atoms with E-state index in [9.17, 15) is 0 Å². The van der Waals surface area contributed by atoms with Crippen LogP contribution in [-0.4, -0.2) is 12.8 Å². The van der Waals surface area contributed by atoms with Crippen LogP contribution in [0.4, 0.5) is 5.69 Å². The third-order valence-electron chi connectivity index (χ3n) is 2.34. The maximum absolute atomic E-state index is 8.45. The highest BCUT2D eigenvalue weighted by Gasteiger charge is 1.94. The number of ether oxygens (including phenoxy) is 1. The van der Waals surface area contributed by atoms with Gasteiger partial charge < -0.3 is 4.74 Å². The molecule has 0 aromatic heterocycles. The van der Waals surface area contributed by atoms with E-state index in [-0.39, 0.29) is 6.61 Å². The van der Waals surface area contributed by atoms with Gasteiger partial charge in [-0.25, -0.2) is 0 Å². The summed E-state index contributed by atoms with van der Waals surface area (Å²) in [7, 11) is 0. The molecule has 1 N–H and O–H groups in total. The van der Waals surface area contributed by atoms with E-state index in [1.165, 1.54) is 0 Å². The van der Waals surface area contributed by atoms with Gasteiger partial charge in [-0.3, -0.25) is 5.43 Å². The van der Waals surface area contributed by atoms with Crippen molar-refractivity contribution in [2.45, 2.75) is 0 Å². The standard InChI is InChI=1S/C15H13N3O/c16-9-10-19-15-8-4-5-13(11-15)12-17-18-14-6-2-1-3-7-14/h1-8,11-12,18H,10H2. The minimum absolute atomic E-state index is 0.0445. The molecule has 2 aromatic rings. The molecule has 0 saturated heterocycles. The first-order valence-corrected chi connectivity index (χ1v) is 5.82. The van der Waals surface area contributed by atoms with Crippen molar-refractivity contribution >= 4 is 11.9 Å². The Morgan fingerprint density at radius 1 is 1.16 bits per heavy atom. The van der Waals surface area contributed by atoms with Crippen molar-refractivity contribution in [2.24, 2.45) is 5.10 Å². The van der Waals surface area contributed by atoms with E-state index in [2.05, 4.69) is 10.5 Å². The minimum Gasteiger partial charge on any atom is -0.479 e. The van der Waals surface area contributed by atoms with Crippen LogP contribution in [0.5, 0.6) is 5.75 Å². The molecule has 94 valence electrons. The summed E-state index contributed by atoms with van der Waals surface area (Å²) in [5, 5.41) is 12.6. The molecule has 0 saturated carbocycles. The zero-order valence-electron chi connectivity index (χ0n) is 10.3. The molecule has 0 unspecified atom stereocenters. The fourth-order valence-electron chi connectivity index (χ4n) is 1.49. The van der Waals surface area contributed by atoms with Gasteiger partial charge in [-0.15, -0.1) is 0 Å². The Kier molecular flexibility index (Phi) is 4.54. The lowest BCUT2D eigenvalue weighted by Gasteiger charge is -2.02. The van der Waals surface area contributed by atoms with E-state index >= 15 is 0 Å². The maximum atomic E-state index is 8.45. The molecule has 2 rings (SSSR count). The lowest BCUT2D eigenvalue weighted by atomic mass is 10.2. The lowest BCUT2D eigenvalue weighted by molar-refractivity contribution is 0.368. The molecular formula is C15H13N3O. The number of hydrogen-bond donors (Lipinski definition) is 1. The van der Waals surface area contributed by atoms with Gasteiger partial charge in [-0.1, -0.05) is 30.3 Å². The first kappa shape index (κ1) is 12.7. The normalized spacial score (nSPS) is 10.1. The quantitative estimate of drug-likeness (QED) is 0.656. The number of hydrogen-bond acceptors (Lipinski definition) is 4. The van der Waals surface area contributed by atoms with Crippen molar-refractivity contribution in [3.05, 3.63) is 60.2 Å². The molecule has 0 aliphatic carbocycles. The second kappa shape index (κ2) is 6.82. The van der Waals surface area contributed by atoms with Crippen LogP contribution >= 0.6 is 0 Å². The third kappa shape index (κ3) is 4.17. The van der Waals surface area contributed by atoms with Crippen molar-refractivity contribution in [1.29, 1.82) is 5.26 Å². The molecule has 4 heteroatoms. The Bertz CT molecular complexity index is 588.